The number of hydrogen-bond donors (Lipinski definition) is 1. The van der Waals surface area contributed by atoms with E-state index in [2.05, 4.69) is 5.32 Å². The van der Waals surface area contributed by atoms with Gasteiger partial charge < -0.3 is 19.5 Å². The summed E-state index contributed by atoms with van der Waals surface area (Å²) in [5, 5.41) is 2.78. The molecule has 28 heavy (non-hydrogen) atoms. The third-order valence-corrected chi connectivity index (χ3v) is 4.78. The average molecular weight is 383 g/mol. The van der Waals surface area contributed by atoms with E-state index in [1.165, 1.54) is 11.1 Å². The van der Waals surface area contributed by atoms with Crippen molar-refractivity contribution in [3.05, 3.63) is 53.1 Å². The molecule has 2 aromatic rings. The normalized spacial score (nSPS) is 12.2. The Kier molecular flexibility index (Phi) is 6.53. The van der Waals surface area contributed by atoms with Crippen molar-refractivity contribution in [1.82, 2.24) is 0 Å². The van der Waals surface area contributed by atoms with Crippen molar-refractivity contribution in [3.8, 4) is 11.5 Å². The highest BCUT2D eigenvalue weighted by molar-refractivity contribution is 5.92. The predicted octanol–water partition coefficient (Wildman–Crippen LogP) is 3.31. The van der Waals surface area contributed by atoms with Gasteiger partial charge in [-0.05, 0) is 66.6 Å². The standard InChI is InChI=1S/C22H25NO5/c1-26-19-10-15(11-20(13-19)27-2)6-9-22(25)28-14-21(24)23-18-8-7-16-4-3-5-17(16)12-18/h7-8,10-13H,3-6,9,14H2,1-2H3,(H,23,24). The minimum absolute atomic E-state index is 0.169. The molecule has 2 aromatic carbocycles. The van der Waals surface area contributed by atoms with Gasteiger partial charge in [0.25, 0.3) is 5.91 Å². The Labute approximate surface area is 164 Å². The van der Waals surface area contributed by atoms with Crippen LogP contribution in [0.25, 0.3) is 0 Å². The summed E-state index contributed by atoms with van der Waals surface area (Å²) in [6, 6.07) is 11.4. The quantitative estimate of drug-likeness (QED) is 0.708. The molecular weight excluding hydrogens is 358 g/mol. The number of hydrogen-bond acceptors (Lipinski definition) is 5. The predicted molar refractivity (Wildman–Crippen MR) is 106 cm³/mol. The number of carbonyl (C=O) groups is 2. The molecule has 6 heteroatoms. The molecule has 148 valence electrons. The average Bonchev–Trinajstić information content (AvgIpc) is 3.18. The molecule has 0 atom stereocenters. The molecule has 0 saturated carbocycles. The van der Waals surface area contributed by atoms with Crippen molar-refractivity contribution in [2.45, 2.75) is 32.1 Å². The van der Waals surface area contributed by atoms with Crippen LogP contribution in [-0.2, 0) is 33.6 Å². The molecule has 1 aliphatic carbocycles. The molecule has 1 N–H and O–H groups in total. The van der Waals surface area contributed by atoms with E-state index in [4.69, 9.17) is 14.2 Å². The number of amides is 1. The summed E-state index contributed by atoms with van der Waals surface area (Å²) in [6.45, 7) is -0.294. The highest BCUT2D eigenvalue weighted by atomic mass is 16.5. The molecule has 0 fully saturated rings. The van der Waals surface area contributed by atoms with Crippen molar-refractivity contribution in [2.24, 2.45) is 0 Å². The molecule has 1 amide bonds. The Morgan fingerprint density at radius 1 is 0.964 bits per heavy atom. The Morgan fingerprint density at radius 3 is 2.39 bits per heavy atom. The zero-order valence-electron chi connectivity index (χ0n) is 16.2. The van der Waals surface area contributed by atoms with Crippen LogP contribution in [0, 0.1) is 0 Å². The minimum Gasteiger partial charge on any atom is -0.497 e. The summed E-state index contributed by atoms with van der Waals surface area (Å²) in [4.78, 5) is 24.0. The van der Waals surface area contributed by atoms with Gasteiger partial charge in [0.1, 0.15) is 11.5 Å². The second kappa shape index (κ2) is 9.26. The van der Waals surface area contributed by atoms with Gasteiger partial charge >= 0.3 is 5.97 Å². The number of nitrogens with one attached hydrogen (secondary N) is 1. The Hall–Kier alpha value is -3.02. The van der Waals surface area contributed by atoms with Crippen LogP contribution in [0.2, 0.25) is 0 Å². The number of esters is 1. The smallest absolute Gasteiger partial charge is 0.306 e. The lowest BCUT2D eigenvalue weighted by Crippen LogP contribution is -2.21. The summed E-state index contributed by atoms with van der Waals surface area (Å²) < 4.78 is 15.5. The first-order valence-corrected chi connectivity index (χ1v) is 9.36. The van der Waals surface area contributed by atoms with Crippen LogP contribution >= 0.6 is 0 Å². The fourth-order valence-electron chi connectivity index (χ4n) is 3.32. The zero-order chi connectivity index (χ0) is 19.9. The fourth-order valence-corrected chi connectivity index (χ4v) is 3.32. The van der Waals surface area contributed by atoms with Crippen LogP contribution in [0.5, 0.6) is 11.5 Å². The van der Waals surface area contributed by atoms with Gasteiger partial charge in [0.05, 0.1) is 14.2 Å². The van der Waals surface area contributed by atoms with Gasteiger partial charge in [-0.15, -0.1) is 0 Å². The molecule has 0 aliphatic heterocycles. The maximum Gasteiger partial charge on any atom is 0.306 e. The first-order valence-electron chi connectivity index (χ1n) is 9.36. The van der Waals surface area contributed by atoms with Gasteiger partial charge in [-0.2, -0.15) is 0 Å². The second-order valence-electron chi connectivity index (χ2n) is 6.77. The van der Waals surface area contributed by atoms with Crippen LogP contribution in [0.4, 0.5) is 5.69 Å². The van der Waals surface area contributed by atoms with E-state index in [1.807, 2.05) is 30.3 Å². The number of aryl methyl sites for hydroxylation is 3. The zero-order valence-corrected chi connectivity index (χ0v) is 16.2. The molecule has 1 aliphatic rings. The lowest BCUT2D eigenvalue weighted by Gasteiger charge is -2.09. The van der Waals surface area contributed by atoms with Gasteiger partial charge in [-0.1, -0.05) is 6.07 Å². The molecule has 0 radical (unpaired) electrons. The third kappa shape index (κ3) is 5.25. The number of benzene rings is 2. The molecular formula is C22H25NO5. The van der Waals surface area contributed by atoms with E-state index in [-0.39, 0.29) is 18.9 Å². The van der Waals surface area contributed by atoms with Crippen molar-refractivity contribution in [2.75, 3.05) is 26.1 Å². The van der Waals surface area contributed by atoms with Crippen LogP contribution in [-0.4, -0.2) is 32.7 Å². The molecule has 6 nitrogen and oxygen atoms in total. The van der Waals surface area contributed by atoms with Crippen molar-refractivity contribution >= 4 is 17.6 Å². The first kappa shape index (κ1) is 19.7. The van der Waals surface area contributed by atoms with Gasteiger partial charge in [0.2, 0.25) is 0 Å². The van der Waals surface area contributed by atoms with Gasteiger partial charge in [-0.3, -0.25) is 9.59 Å². The fraction of sp³-hybridized carbons (Fsp3) is 0.364. The van der Waals surface area contributed by atoms with E-state index in [1.54, 1.807) is 20.3 Å². The summed E-state index contributed by atoms with van der Waals surface area (Å²) in [7, 11) is 3.15. The van der Waals surface area contributed by atoms with Crippen molar-refractivity contribution in [3.63, 3.8) is 0 Å². The molecule has 0 aromatic heterocycles. The number of fused-ring (bicyclic) bond motifs is 1. The monoisotopic (exact) mass is 383 g/mol. The van der Waals surface area contributed by atoms with E-state index >= 15 is 0 Å². The summed E-state index contributed by atoms with van der Waals surface area (Å²) >= 11 is 0. The van der Waals surface area contributed by atoms with Crippen LogP contribution in [0.1, 0.15) is 29.5 Å². The maximum atomic E-state index is 12.0. The van der Waals surface area contributed by atoms with Crippen LogP contribution in [0.3, 0.4) is 0 Å². The number of ether oxygens (including phenoxy) is 3. The molecule has 0 saturated heterocycles. The lowest BCUT2D eigenvalue weighted by atomic mass is 10.1. The summed E-state index contributed by atoms with van der Waals surface area (Å²) in [6.07, 6.45) is 3.94. The number of methoxy groups -OCH3 is 2. The Bertz CT molecular complexity index is 840. The molecule has 0 spiro atoms. The van der Waals surface area contributed by atoms with E-state index in [0.717, 1.165) is 30.5 Å². The van der Waals surface area contributed by atoms with Gasteiger partial charge in [0, 0.05) is 18.2 Å². The summed E-state index contributed by atoms with van der Waals surface area (Å²) in [5.74, 6) is 0.563. The van der Waals surface area contributed by atoms with Gasteiger partial charge in [0.15, 0.2) is 6.61 Å². The molecule has 3 rings (SSSR count). The lowest BCUT2D eigenvalue weighted by molar-refractivity contribution is -0.147. The van der Waals surface area contributed by atoms with E-state index < -0.39 is 5.97 Å². The molecule has 0 heterocycles. The number of carbonyl (C=O) groups excluding carboxylic acids is 2. The minimum atomic E-state index is -0.425. The summed E-state index contributed by atoms with van der Waals surface area (Å²) in [5.41, 5.74) is 4.27. The van der Waals surface area contributed by atoms with Crippen LogP contribution < -0.4 is 14.8 Å². The SMILES string of the molecule is COc1cc(CCC(=O)OCC(=O)Nc2ccc3c(c2)CCC3)cc(OC)c1. The molecule has 0 unspecified atom stereocenters. The van der Waals surface area contributed by atoms with Crippen molar-refractivity contribution in [1.29, 1.82) is 0 Å². The largest absolute Gasteiger partial charge is 0.497 e. The highest BCUT2D eigenvalue weighted by Gasteiger charge is 2.13. The van der Waals surface area contributed by atoms with Crippen molar-refractivity contribution < 1.29 is 23.8 Å². The number of anilines is 1. The Morgan fingerprint density at radius 2 is 1.68 bits per heavy atom. The van der Waals surface area contributed by atoms with Crippen LogP contribution in [0.15, 0.2) is 36.4 Å². The van der Waals surface area contributed by atoms with Gasteiger partial charge in [-0.25, -0.2) is 0 Å². The molecule has 0 bridgehead atoms. The first-order chi connectivity index (χ1) is 13.6. The number of rotatable bonds is 8. The van der Waals surface area contributed by atoms with E-state index in [0.29, 0.717) is 17.9 Å². The second-order valence-corrected chi connectivity index (χ2v) is 6.77. The Balaban J connectivity index is 1.44. The maximum absolute atomic E-state index is 12.0. The van der Waals surface area contributed by atoms with E-state index in [9.17, 15) is 9.59 Å². The third-order valence-electron chi connectivity index (χ3n) is 4.78. The highest BCUT2D eigenvalue weighted by Crippen LogP contribution is 2.25. The topological polar surface area (TPSA) is 73.9 Å².